The van der Waals surface area contributed by atoms with Gasteiger partial charge in [-0.2, -0.15) is 0 Å². The maximum atomic E-state index is 12.5. The molecule has 2 saturated heterocycles. The normalized spacial score (nSPS) is 23.3. The standard InChI is InChI=1S/C16H20N4O4/c1-16(2)14(22)20(15(23)18-16)10-13(21)19-7-8-24-12(9-19)11-3-5-17-6-4-11/h3-6,12H,7-10H2,1-2H3,(H,18,23)/t12-/m0/s1. The van der Waals surface area contributed by atoms with Gasteiger partial charge in [0.2, 0.25) is 5.91 Å². The van der Waals surface area contributed by atoms with Crippen LogP contribution in [0, 0.1) is 0 Å². The van der Waals surface area contributed by atoms with Gasteiger partial charge in [0.25, 0.3) is 5.91 Å². The molecule has 0 aromatic carbocycles. The van der Waals surface area contributed by atoms with Crippen LogP contribution < -0.4 is 5.32 Å². The van der Waals surface area contributed by atoms with Crippen molar-refractivity contribution < 1.29 is 19.1 Å². The Morgan fingerprint density at radius 3 is 2.71 bits per heavy atom. The summed E-state index contributed by atoms with van der Waals surface area (Å²) in [5.41, 5.74) is -0.0271. The fourth-order valence-electron chi connectivity index (χ4n) is 2.85. The van der Waals surface area contributed by atoms with Crippen LogP contribution in [-0.2, 0) is 14.3 Å². The molecule has 128 valence electrons. The Morgan fingerprint density at radius 1 is 1.38 bits per heavy atom. The van der Waals surface area contributed by atoms with E-state index < -0.39 is 11.6 Å². The molecule has 0 aliphatic carbocycles. The number of imide groups is 1. The van der Waals surface area contributed by atoms with E-state index in [1.807, 2.05) is 12.1 Å². The van der Waals surface area contributed by atoms with Crippen LogP contribution in [0.3, 0.4) is 0 Å². The van der Waals surface area contributed by atoms with Crippen LogP contribution in [0.15, 0.2) is 24.5 Å². The van der Waals surface area contributed by atoms with E-state index >= 15 is 0 Å². The second kappa shape index (κ2) is 6.20. The lowest BCUT2D eigenvalue weighted by Crippen LogP contribution is -2.48. The highest BCUT2D eigenvalue weighted by molar-refractivity contribution is 6.08. The highest BCUT2D eigenvalue weighted by atomic mass is 16.5. The SMILES string of the molecule is CC1(C)NC(=O)N(CC(=O)N2CCO[C@H](c3ccncc3)C2)C1=O. The minimum atomic E-state index is -0.970. The zero-order valence-corrected chi connectivity index (χ0v) is 13.7. The number of carbonyl (C=O) groups is 3. The van der Waals surface area contributed by atoms with Crippen LogP contribution in [0.4, 0.5) is 4.79 Å². The van der Waals surface area contributed by atoms with Gasteiger partial charge in [0.05, 0.1) is 13.2 Å². The maximum absolute atomic E-state index is 12.5. The molecule has 1 aromatic rings. The van der Waals surface area contributed by atoms with Gasteiger partial charge in [-0.25, -0.2) is 4.79 Å². The third-order valence-electron chi connectivity index (χ3n) is 4.23. The van der Waals surface area contributed by atoms with Gasteiger partial charge in [-0.1, -0.05) is 0 Å². The van der Waals surface area contributed by atoms with E-state index in [1.165, 1.54) is 0 Å². The molecule has 8 nitrogen and oxygen atoms in total. The third-order valence-corrected chi connectivity index (χ3v) is 4.23. The molecule has 2 fully saturated rings. The smallest absolute Gasteiger partial charge is 0.325 e. The van der Waals surface area contributed by atoms with E-state index in [0.29, 0.717) is 19.7 Å². The Morgan fingerprint density at radius 2 is 2.08 bits per heavy atom. The first-order valence-corrected chi connectivity index (χ1v) is 7.82. The van der Waals surface area contributed by atoms with Crippen LogP contribution in [0.2, 0.25) is 0 Å². The molecular weight excluding hydrogens is 312 g/mol. The fraction of sp³-hybridized carbons (Fsp3) is 0.500. The van der Waals surface area contributed by atoms with E-state index in [9.17, 15) is 14.4 Å². The number of nitrogens with one attached hydrogen (secondary N) is 1. The summed E-state index contributed by atoms with van der Waals surface area (Å²) in [6, 6.07) is 3.16. The zero-order valence-electron chi connectivity index (χ0n) is 13.7. The fourth-order valence-corrected chi connectivity index (χ4v) is 2.85. The molecule has 2 aliphatic rings. The molecule has 2 aliphatic heterocycles. The van der Waals surface area contributed by atoms with Crippen molar-refractivity contribution in [3.8, 4) is 0 Å². The van der Waals surface area contributed by atoms with Crippen LogP contribution in [0.5, 0.6) is 0 Å². The molecule has 3 heterocycles. The molecular formula is C16H20N4O4. The minimum absolute atomic E-state index is 0.231. The number of amides is 4. The Labute approximate surface area is 139 Å². The molecule has 8 heteroatoms. The summed E-state index contributed by atoms with van der Waals surface area (Å²) in [7, 11) is 0. The number of rotatable bonds is 3. The predicted molar refractivity (Wildman–Crippen MR) is 83.8 cm³/mol. The van der Waals surface area contributed by atoms with Gasteiger partial charge in [-0.05, 0) is 31.5 Å². The number of hydrogen-bond donors (Lipinski definition) is 1. The van der Waals surface area contributed by atoms with Crippen molar-refractivity contribution in [2.24, 2.45) is 0 Å². The van der Waals surface area contributed by atoms with Crippen molar-refractivity contribution in [3.63, 3.8) is 0 Å². The number of pyridine rings is 1. The average Bonchev–Trinajstić information content (AvgIpc) is 2.77. The summed E-state index contributed by atoms with van der Waals surface area (Å²) < 4.78 is 5.71. The van der Waals surface area contributed by atoms with E-state index in [-0.39, 0.29) is 24.5 Å². The molecule has 1 aromatic heterocycles. The number of hydrogen-bond acceptors (Lipinski definition) is 5. The number of urea groups is 1. The molecule has 3 rings (SSSR count). The van der Waals surface area contributed by atoms with Gasteiger partial charge in [-0.15, -0.1) is 0 Å². The van der Waals surface area contributed by atoms with Gasteiger partial charge in [0, 0.05) is 18.9 Å². The topological polar surface area (TPSA) is 91.8 Å². The lowest BCUT2D eigenvalue weighted by Gasteiger charge is -2.33. The molecule has 0 radical (unpaired) electrons. The molecule has 0 saturated carbocycles. The molecule has 0 unspecified atom stereocenters. The highest BCUT2D eigenvalue weighted by Crippen LogP contribution is 2.22. The van der Waals surface area contributed by atoms with Crippen molar-refractivity contribution in [1.82, 2.24) is 20.1 Å². The zero-order chi connectivity index (χ0) is 17.3. The Hall–Kier alpha value is -2.48. The number of morpholine rings is 1. The first kappa shape index (κ1) is 16.4. The van der Waals surface area contributed by atoms with Crippen molar-refractivity contribution in [1.29, 1.82) is 0 Å². The van der Waals surface area contributed by atoms with E-state index in [1.54, 1.807) is 31.1 Å². The predicted octanol–water partition coefficient (Wildman–Crippen LogP) is 0.312. The van der Waals surface area contributed by atoms with Crippen molar-refractivity contribution in [2.75, 3.05) is 26.2 Å². The Kier molecular flexibility index (Phi) is 4.23. The van der Waals surface area contributed by atoms with Crippen LogP contribution in [0.1, 0.15) is 25.5 Å². The molecule has 1 atom stereocenters. The maximum Gasteiger partial charge on any atom is 0.325 e. The number of carbonyl (C=O) groups excluding carboxylic acids is 3. The summed E-state index contributed by atoms with van der Waals surface area (Å²) in [4.78, 5) is 43.2. The van der Waals surface area contributed by atoms with E-state index in [2.05, 4.69) is 10.3 Å². The second-order valence-electron chi connectivity index (χ2n) is 6.43. The summed E-state index contributed by atoms with van der Waals surface area (Å²) in [5.74, 6) is -0.654. The van der Waals surface area contributed by atoms with Gasteiger partial charge in [0.1, 0.15) is 18.2 Å². The summed E-state index contributed by atoms with van der Waals surface area (Å²) in [6.07, 6.45) is 3.12. The number of nitrogens with zero attached hydrogens (tertiary/aromatic N) is 3. The number of aromatic nitrogens is 1. The van der Waals surface area contributed by atoms with E-state index in [0.717, 1.165) is 10.5 Å². The monoisotopic (exact) mass is 332 g/mol. The van der Waals surface area contributed by atoms with Gasteiger partial charge in [0.15, 0.2) is 0 Å². The summed E-state index contributed by atoms with van der Waals surface area (Å²) in [6.45, 7) is 4.21. The summed E-state index contributed by atoms with van der Waals surface area (Å²) in [5, 5.41) is 2.57. The van der Waals surface area contributed by atoms with Gasteiger partial charge < -0.3 is 15.0 Å². The second-order valence-corrected chi connectivity index (χ2v) is 6.43. The number of ether oxygens (including phenoxy) is 1. The largest absolute Gasteiger partial charge is 0.370 e. The van der Waals surface area contributed by atoms with Crippen LogP contribution in [-0.4, -0.2) is 64.4 Å². The average molecular weight is 332 g/mol. The summed E-state index contributed by atoms with van der Waals surface area (Å²) >= 11 is 0. The first-order chi connectivity index (χ1) is 11.4. The van der Waals surface area contributed by atoms with Crippen molar-refractivity contribution >= 4 is 17.8 Å². The molecule has 0 spiro atoms. The van der Waals surface area contributed by atoms with Gasteiger partial charge in [-0.3, -0.25) is 19.5 Å². The Bertz CT molecular complexity index is 661. The minimum Gasteiger partial charge on any atom is -0.370 e. The Balaban J connectivity index is 1.65. The van der Waals surface area contributed by atoms with E-state index in [4.69, 9.17) is 4.74 Å². The third kappa shape index (κ3) is 3.09. The molecule has 1 N–H and O–H groups in total. The molecule has 24 heavy (non-hydrogen) atoms. The van der Waals surface area contributed by atoms with Crippen LogP contribution in [0.25, 0.3) is 0 Å². The van der Waals surface area contributed by atoms with Crippen molar-refractivity contribution in [3.05, 3.63) is 30.1 Å². The van der Waals surface area contributed by atoms with Crippen molar-refractivity contribution in [2.45, 2.75) is 25.5 Å². The van der Waals surface area contributed by atoms with Crippen LogP contribution >= 0.6 is 0 Å². The quantitative estimate of drug-likeness (QED) is 0.805. The lowest BCUT2D eigenvalue weighted by atomic mass is 10.1. The lowest BCUT2D eigenvalue weighted by molar-refractivity contribution is -0.143. The molecule has 4 amide bonds. The highest BCUT2D eigenvalue weighted by Gasteiger charge is 2.45. The van der Waals surface area contributed by atoms with Gasteiger partial charge >= 0.3 is 6.03 Å². The molecule has 0 bridgehead atoms. The first-order valence-electron chi connectivity index (χ1n) is 7.82.